The van der Waals surface area contributed by atoms with Gasteiger partial charge in [-0.05, 0) is 141 Å². The molecule has 30 nitrogen and oxygen atoms in total. The Balaban J connectivity index is 1.09. The minimum Gasteiger partial charge on any atom is -0.508 e. The molecule has 12 atom stereocenters. The standard InChI is InChI=1S/C96H136N10O20/c1-24-63-48-79(111)84(85(113)59(14)26-25-27-62-28-30-64(31-29-62)87(115)97-38-40-124-41-39-98-88(116)65-32-35-70-69(47-65)95(123)126-96(70)71-36-33-66(107)49-80(71)125-81-50-67(108)34-37-72(81)96)106(23)94(122)83(58(12)13)105(22)93(121)76(45-56(8)9)104(21)92(120)75(44-55(6)7)103(20)89(117)61(16)99-86(114)60(15)46-77(109)74(43-54(4)5)102(19)91(119)68(57(10)11)51-78(110)73(42-53(2)3)101(18)82(112)52-100(17)90(63)118/h25,27-37,47,49-50,53-61,63,68,73-76,83-85,107-108,113H,24,26,38-46,48,51-52H2,1-23H3,(H,97,115)(H,98,116)(H,99,114)/b27-25+/t59-,60?,61-,63-,68+,73+,74+,75+,76?,83+,84-,85-/m1/s1. The molecule has 0 saturated carbocycles. The van der Waals surface area contributed by atoms with Crippen LogP contribution in [0.25, 0.3) is 6.08 Å². The molecule has 0 radical (unpaired) electrons. The van der Waals surface area contributed by atoms with E-state index in [2.05, 4.69) is 16.0 Å². The van der Waals surface area contributed by atoms with Crippen LogP contribution in [-0.2, 0) is 67.8 Å². The highest BCUT2D eigenvalue weighted by Crippen LogP contribution is 2.57. The molecule has 1 fully saturated rings. The van der Waals surface area contributed by atoms with Crippen LogP contribution in [0.5, 0.6) is 23.0 Å². The van der Waals surface area contributed by atoms with Crippen molar-refractivity contribution < 1.29 is 96.7 Å². The molecule has 4 aromatic carbocycles. The zero-order valence-corrected chi connectivity index (χ0v) is 77.9. The Morgan fingerprint density at radius 1 is 0.524 bits per heavy atom. The normalized spacial score (nSPS) is 23.0. The average Bonchev–Trinajstić information content (AvgIpc) is 1.53. The number of aromatic hydroxyl groups is 2. The minimum absolute atomic E-state index is 0.0661. The van der Waals surface area contributed by atoms with E-state index in [0.29, 0.717) is 27.8 Å². The smallest absolute Gasteiger partial charge is 0.340 e. The molecule has 7 rings (SSSR count). The number of hydrogen-bond acceptors (Lipinski definition) is 20. The summed E-state index contributed by atoms with van der Waals surface area (Å²) in [5.41, 5.74) is 1.12. The fourth-order valence-electron chi connectivity index (χ4n) is 17.0. The van der Waals surface area contributed by atoms with Gasteiger partial charge >= 0.3 is 5.97 Å². The lowest BCUT2D eigenvalue weighted by atomic mass is 9.77. The first-order chi connectivity index (χ1) is 59.1. The summed E-state index contributed by atoms with van der Waals surface area (Å²) >= 11 is 0. The highest BCUT2D eigenvalue weighted by Gasteiger charge is 2.55. The molecule has 0 aromatic heterocycles. The molecule has 3 aliphatic rings. The first kappa shape index (κ1) is 102. The number of Topliss-reactive ketones (excluding diaryl/α,β-unsaturated/α-hetero) is 3. The van der Waals surface area contributed by atoms with Gasteiger partial charge in [-0.3, -0.25) is 62.3 Å². The molecule has 3 aliphatic heterocycles. The predicted octanol–water partition coefficient (Wildman–Crippen LogP) is 9.83. The van der Waals surface area contributed by atoms with Gasteiger partial charge in [-0.15, -0.1) is 0 Å². The Morgan fingerprint density at radius 3 is 1.51 bits per heavy atom. The number of likely N-dealkylation sites (N-methyl/N-ethyl adjacent to an activating group) is 7. The maximum Gasteiger partial charge on any atom is 0.340 e. The van der Waals surface area contributed by atoms with Gasteiger partial charge < -0.3 is 79.8 Å². The van der Waals surface area contributed by atoms with Gasteiger partial charge in [0.15, 0.2) is 23.0 Å². The topological polar surface area (TPSA) is 386 Å². The number of aliphatic hydroxyl groups is 1. The van der Waals surface area contributed by atoms with Crippen molar-refractivity contribution in [3.8, 4) is 23.0 Å². The Labute approximate surface area is 742 Å². The van der Waals surface area contributed by atoms with E-state index in [0.717, 1.165) is 4.90 Å². The van der Waals surface area contributed by atoms with Gasteiger partial charge in [0.25, 0.3) is 11.8 Å². The molecular formula is C96H136N10O20. The number of esters is 1. The predicted molar refractivity (Wildman–Crippen MR) is 476 cm³/mol. The first-order valence-electron chi connectivity index (χ1n) is 44.1. The molecule has 4 aromatic rings. The lowest BCUT2D eigenvalue weighted by Gasteiger charge is -2.41. The van der Waals surface area contributed by atoms with Gasteiger partial charge in [-0.2, -0.15) is 0 Å². The monoisotopic (exact) mass is 1750 g/mol. The molecule has 10 amide bonds. The van der Waals surface area contributed by atoms with E-state index < -0.39 is 185 Å². The number of aliphatic hydroxyl groups excluding tert-OH is 1. The van der Waals surface area contributed by atoms with Crippen LogP contribution >= 0.6 is 0 Å². The summed E-state index contributed by atoms with van der Waals surface area (Å²) in [7, 11) is 10.1. The van der Waals surface area contributed by atoms with Crippen LogP contribution in [0.15, 0.2) is 84.9 Å². The van der Waals surface area contributed by atoms with Gasteiger partial charge in [0, 0.05) is 139 Å². The second-order valence-corrected chi connectivity index (χ2v) is 36.9. The quantitative estimate of drug-likeness (QED) is 0.0280. The number of phenols is 2. The van der Waals surface area contributed by atoms with Crippen molar-refractivity contribution in [1.82, 2.24) is 50.2 Å². The van der Waals surface area contributed by atoms with E-state index in [9.17, 15) is 63.3 Å². The molecule has 0 aliphatic carbocycles. The van der Waals surface area contributed by atoms with Crippen LogP contribution in [0, 0.1) is 59.2 Å². The number of carbonyl (C=O) groups is 14. The third-order valence-corrected chi connectivity index (χ3v) is 24.4. The molecule has 0 bridgehead atoms. The Kier molecular flexibility index (Phi) is 36.5. The first-order valence-corrected chi connectivity index (χ1v) is 44.1. The number of carbonyl (C=O) groups excluding carboxylic acids is 14. The zero-order valence-electron chi connectivity index (χ0n) is 77.9. The molecule has 6 N–H and O–H groups in total. The van der Waals surface area contributed by atoms with Crippen molar-refractivity contribution in [1.29, 1.82) is 0 Å². The average molecular weight is 1750 g/mol. The Hall–Kier alpha value is -10.9. The summed E-state index contributed by atoms with van der Waals surface area (Å²) in [5.74, 6) is -13.4. The van der Waals surface area contributed by atoms with Gasteiger partial charge in [0.05, 0.1) is 43.5 Å². The van der Waals surface area contributed by atoms with Crippen molar-refractivity contribution in [3.63, 3.8) is 0 Å². The molecule has 126 heavy (non-hydrogen) atoms. The van der Waals surface area contributed by atoms with Crippen LogP contribution in [0.2, 0.25) is 0 Å². The zero-order chi connectivity index (χ0) is 94.1. The SMILES string of the molecule is CC[C@@H]1CC(=O)[C@H]([C@H](O)[C@H](C)C/C=C/c2ccc(C(=O)NCCOCCNC(=O)c3ccc4c(c3)C(=O)OC43c4ccc(O)cc4Oc4cc(O)ccc43)cc2)N(C)C(=O)[C@H](C(C)C)N(C)C(=O)C(CC(C)C)N(C)C(=O)[C@H](CC(C)C)N(C)C(=O)[C@@H](C)NC(=O)C(C)CC(=O)[C@H](CC(C)C)N(C)C(=O)[C@H](C(C)C)CC(=O)[C@H](CC(C)C)N(C)C(=O)CN(C)C1=O. The molecule has 1 saturated heterocycles. The number of rotatable bonds is 24. The maximum absolute atomic E-state index is 15.7. The van der Waals surface area contributed by atoms with Crippen molar-refractivity contribution in [2.45, 2.75) is 223 Å². The number of fused-ring (bicyclic) bond motifs is 6. The van der Waals surface area contributed by atoms with Crippen molar-refractivity contribution in [3.05, 3.63) is 124 Å². The molecule has 30 heteroatoms. The van der Waals surface area contributed by atoms with Crippen molar-refractivity contribution in [2.24, 2.45) is 59.2 Å². The van der Waals surface area contributed by atoms with Gasteiger partial charge in [-0.25, -0.2) is 4.79 Å². The van der Waals surface area contributed by atoms with Crippen LogP contribution in [0.3, 0.4) is 0 Å². The summed E-state index contributed by atoms with van der Waals surface area (Å²) in [4.78, 5) is 213. The number of allylic oxidation sites excluding steroid dienone is 1. The second-order valence-electron chi connectivity index (χ2n) is 36.9. The van der Waals surface area contributed by atoms with Crippen LogP contribution < -0.4 is 20.7 Å². The summed E-state index contributed by atoms with van der Waals surface area (Å²) in [6, 6.07) is 11.5. The van der Waals surface area contributed by atoms with Crippen LogP contribution in [0.4, 0.5) is 0 Å². The van der Waals surface area contributed by atoms with Crippen molar-refractivity contribution in [2.75, 3.05) is 82.2 Å². The summed E-state index contributed by atoms with van der Waals surface area (Å²) in [6.45, 7) is 28.3. The second kappa shape index (κ2) is 45.0. The number of hydrogen-bond donors (Lipinski definition) is 6. The van der Waals surface area contributed by atoms with E-state index in [1.54, 1.807) is 109 Å². The lowest BCUT2D eigenvalue weighted by molar-refractivity contribution is -0.157. The number of ketones is 3. The third-order valence-electron chi connectivity index (χ3n) is 24.4. The molecular weight excluding hydrogens is 1610 g/mol. The summed E-state index contributed by atoms with van der Waals surface area (Å²) < 4.78 is 17.9. The van der Waals surface area contributed by atoms with E-state index in [1.165, 1.54) is 116 Å². The van der Waals surface area contributed by atoms with E-state index in [-0.39, 0.29) is 135 Å². The number of benzene rings is 4. The van der Waals surface area contributed by atoms with Crippen molar-refractivity contribution >= 4 is 88.5 Å². The number of nitrogens with zero attached hydrogens (tertiary/aromatic N) is 7. The van der Waals surface area contributed by atoms with Gasteiger partial charge in [0.2, 0.25) is 47.3 Å². The van der Waals surface area contributed by atoms with E-state index in [1.807, 2.05) is 55.4 Å². The van der Waals surface area contributed by atoms with Crippen LogP contribution in [-0.4, -0.2) is 263 Å². The minimum atomic E-state index is -1.65. The lowest BCUT2D eigenvalue weighted by Crippen LogP contribution is -2.61. The number of amides is 10. The molecule has 690 valence electrons. The molecule has 2 unspecified atom stereocenters. The fraction of sp³-hybridized carbons (Fsp3) is 0.583. The highest BCUT2D eigenvalue weighted by atomic mass is 16.6. The largest absolute Gasteiger partial charge is 0.508 e. The van der Waals surface area contributed by atoms with Gasteiger partial charge in [0.1, 0.15) is 53.2 Å². The maximum atomic E-state index is 15.7. The van der Waals surface area contributed by atoms with Gasteiger partial charge in [-0.1, -0.05) is 134 Å². The molecule has 1 spiro atoms. The number of phenolic OH excluding ortho intramolecular Hbond substituents is 2. The fourth-order valence-corrected chi connectivity index (χ4v) is 17.0. The number of nitrogens with one attached hydrogen (secondary N) is 3. The molecule has 3 heterocycles. The summed E-state index contributed by atoms with van der Waals surface area (Å²) in [6.07, 6.45) is 1.62. The van der Waals surface area contributed by atoms with E-state index in [4.69, 9.17) is 14.2 Å². The third kappa shape index (κ3) is 24.9. The van der Waals surface area contributed by atoms with Crippen LogP contribution in [0.1, 0.15) is 222 Å². The Bertz CT molecular complexity index is 4580. The Morgan fingerprint density at radius 2 is 0.992 bits per heavy atom. The summed E-state index contributed by atoms with van der Waals surface area (Å²) in [5, 5.41) is 41.6. The highest BCUT2D eigenvalue weighted by molar-refractivity contribution is 6.03. The number of ether oxygens (including phenoxy) is 3. The van der Waals surface area contributed by atoms with E-state index >= 15 is 19.2 Å².